The van der Waals surface area contributed by atoms with Gasteiger partial charge in [-0.15, -0.1) is 24.0 Å². The lowest BCUT2D eigenvalue weighted by molar-refractivity contribution is 0.185. The summed E-state index contributed by atoms with van der Waals surface area (Å²) in [5.41, 5.74) is 3.70. The van der Waals surface area contributed by atoms with E-state index in [1.165, 1.54) is 37.1 Å². The second-order valence-electron chi connectivity index (χ2n) is 7.60. The SMILES string of the molecule is CCNC(=NCc1ccccc1CN1CCC(C)CC1)NCc1ccccn1.I. The largest absolute Gasteiger partial charge is 0.357 e. The maximum absolute atomic E-state index is 4.81. The molecule has 1 aliphatic rings. The summed E-state index contributed by atoms with van der Waals surface area (Å²) in [5.74, 6) is 1.69. The molecule has 2 heterocycles. The third-order valence-electron chi connectivity index (χ3n) is 5.30. The quantitative estimate of drug-likeness (QED) is 0.336. The highest BCUT2D eigenvalue weighted by Gasteiger charge is 2.16. The summed E-state index contributed by atoms with van der Waals surface area (Å²) in [6.45, 7) is 10.1. The van der Waals surface area contributed by atoms with E-state index in [0.717, 1.165) is 30.7 Å². The van der Waals surface area contributed by atoms with Crippen molar-refractivity contribution < 1.29 is 0 Å². The Bertz CT molecular complexity index is 742. The molecule has 29 heavy (non-hydrogen) atoms. The van der Waals surface area contributed by atoms with Gasteiger partial charge >= 0.3 is 0 Å². The van der Waals surface area contributed by atoms with Crippen molar-refractivity contribution in [3.05, 3.63) is 65.5 Å². The number of nitrogens with zero attached hydrogens (tertiary/aromatic N) is 3. The Morgan fingerprint density at radius 3 is 2.48 bits per heavy atom. The molecular weight excluding hydrogens is 473 g/mol. The van der Waals surface area contributed by atoms with E-state index in [1.54, 1.807) is 0 Å². The van der Waals surface area contributed by atoms with Crippen LogP contribution in [0.1, 0.15) is 43.5 Å². The fraction of sp³-hybridized carbons (Fsp3) is 0.478. The Kier molecular flexibility index (Phi) is 10.4. The van der Waals surface area contributed by atoms with E-state index in [-0.39, 0.29) is 24.0 Å². The minimum absolute atomic E-state index is 0. The molecule has 5 nitrogen and oxygen atoms in total. The number of halogens is 1. The maximum Gasteiger partial charge on any atom is 0.191 e. The maximum atomic E-state index is 4.81. The first-order chi connectivity index (χ1) is 13.7. The minimum atomic E-state index is 0. The average Bonchev–Trinajstić information content (AvgIpc) is 2.73. The molecule has 3 rings (SSSR count). The number of piperidine rings is 1. The van der Waals surface area contributed by atoms with Gasteiger partial charge in [0.05, 0.1) is 18.8 Å². The summed E-state index contributed by atoms with van der Waals surface area (Å²) < 4.78 is 0. The van der Waals surface area contributed by atoms with Crippen LogP contribution in [0.4, 0.5) is 0 Å². The Balaban J connectivity index is 0.00000300. The molecule has 1 aliphatic heterocycles. The van der Waals surface area contributed by atoms with Crippen molar-refractivity contribution in [2.45, 2.75) is 46.3 Å². The fourth-order valence-corrected chi connectivity index (χ4v) is 3.51. The number of nitrogens with one attached hydrogen (secondary N) is 2. The van der Waals surface area contributed by atoms with Crippen LogP contribution < -0.4 is 10.6 Å². The van der Waals surface area contributed by atoms with Crippen LogP contribution in [0.25, 0.3) is 0 Å². The third-order valence-corrected chi connectivity index (χ3v) is 5.30. The van der Waals surface area contributed by atoms with Crippen molar-refractivity contribution in [2.24, 2.45) is 10.9 Å². The second kappa shape index (κ2) is 12.8. The molecule has 2 N–H and O–H groups in total. The van der Waals surface area contributed by atoms with Crippen LogP contribution >= 0.6 is 24.0 Å². The summed E-state index contributed by atoms with van der Waals surface area (Å²) in [6.07, 6.45) is 4.43. The molecule has 1 aromatic heterocycles. The Morgan fingerprint density at radius 2 is 1.79 bits per heavy atom. The van der Waals surface area contributed by atoms with E-state index in [4.69, 9.17) is 4.99 Å². The fourth-order valence-electron chi connectivity index (χ4n) is 3.51. The second-order valence-corrected chi connectivity index (χ2v) is 7.60. The first kappa shape index (κ1) is 23.6. The molecule has 1 saturated heterocycles. The summed E-state index contributed by atoms with van der Waals surface area (Å²) in [7, 11) is 0. The summed E-state index contributed by atoms with van der Waals surface area (Å²) in [6, 6.07) is 14.7. The molecule has 0 bridgehead atoms. The average molecular weight is 507 g/mol. The number of hydrogen-bond acceptors (Lipinski definition) is 3. The highest BCUT2D eigenvalue weighted by molar-refractivity contribution is 14.0. The molecule has 1 fully saturated rings. The van der Waals surface area contributed by atoms with Crippen LogP contribution in [-0.4, -0.2) is 35.5 Å². The van der Waals surface area contributed by atoms with Gasteiger partial charge in [0.15, 0.2) is 5.96 Å². The number of guanidine groups is 1. The van der Waals surface area contributed by atoms with Crippen LogP contribution in [0.5, 0.6) is 0 Å². The van der Waals surface area contributed by atoms with Crippen molar-refractivity contribution in [2.75, 3.05) is 19.6 Å². The number of benzene rings is 1. The van der Waals surface area contributed by atoms with Crippen molar-refractivity contribution in [1.29, 1.82) is 0 Å². The van der Waals surface area contributed by atoms with E-state index >= 15 is 0 Å². The van der Waals surface area contributed by atoms with E-state index in [2.05, 4.69) is 58.6 Å². The standard InChI is InChI=1S/C23H33N5.HI/c1-3-24-23(27-17-22-10-6-7-13-25-22)26-16-20-8-4-5-9-21(20)18-28-14-11-19(2)12-15-28;/h4-10,13,19H,3,11-12,14-18H2,1-2H3,(H2,24,26,27);1H. The van der Waals surface area contributed by atoms with Crippen LogP contribution in [0, 0.1) is 5.92 Å². The third kappa shape index (κ3) is 7.93. The lowest BCUT2D eigenvalue weighted by atomic mass is 9.98. The number of rotatable bonds is 7. The highest BCUT2D eigenvalue weighted by atomic mass is 127. The molecule has 0 unspecified atom stereocenters. The molecule has 158 valence electrons. The van der Waals surface area contributed by atoms with Gasteiger partial charge in [-0.3, -0.25) is 9.88 Å². The number of aliphatic imine (C=N–C) groups is 1. The lowest BCUT2D eigenvalue weighted by Crippen LogP contribution is -2.37. The molecule has 0 aliphatic carbocycles. The molecule has 0 radical (unpaired) electrons. The van der Waals surface area contributed by atoms with Crippen LogP contribution in [-0.2, 0) is 19.6 Å². The van der Waals surface area contributed by atoms with Crippen LogP contribution in [0.15, 0.2) is 53.7 Å². The summed E-state index contributed by atoms with van der Waals surface area (Å²) in [5, 5.41) is 6.71. The zero-order valence-corrected chi connectivity index (χ0v) is 19.9. The number of likely N-dealkylation sites (tertiary alicyclic amines) is 1. The van der Waals surface area contributed by atoms with Gasteiger partial charge in [-0.2, -0.15) is 0 Å². The molecular formula is C23H34IN5. The van der Waals surface area contributed by atoms with Crippen LogP contribution in [0.2, 0.25) is 0 Å². The topological polar surface area (TPSA) is 52.6 Å². The first-order valence-corrected chi connectivity index (χ1v) is 10.5. The van der Waals surface area contributed by atoms with Gasteiger partial charge < -0.3 is 10.6 Å². The monoisotopic (exact) mass is 507 g/mol. The zero-order valence-electron chi connectivity index (χ0n) is 17.6. The van der Waals surface area contributed by atoms with Gasteiger partial charge in [-0.1, -0.05) is 37.3 Å². The van der Waals surface area contributed by atoms with Crippen molar-refractivity contribution >= 4 is 29.9 Å². The summed E-state index contributed by atoms with van der Waals surface area (Å²) in [4.78, 5) is 11.8. The molecule has 6 heteroatoms. The first-order valence-electron chi connectivity index (χ1n) is 10.5. The molecule has 0 amide bonds. The molecule has 0 atom stereocenters. The zero-order chi connectivity index (χ0) is 19.6. The number of hydrogen-bond donors (Lipinski definition) is 2. The van der Waals surface area contributed by atoms with Crippen molar-refractivity contribution in [3.8, 4) is 0 Å². The van der Waals surface area contributed by atoms with Gasteiger partial charge in [-0.05, 0) is 62.0 Å². The molecule has 0 saturated carbocycles. The Labute approximate surface area is 192 Å². The van der Waals surface area contributed by atoms with Gasteiger partial charge in [0.1, 0.15) is 0 Å². The summed E-state index contributed by atoms with van der Waals surface area (Å²) >= 11 is 0. The van der Waals surface area contributed by atoms with Gasteiger partial charge in [0, 0.05) is 19.3 Å². The van der Waals surface area contributed by atoms with Gasteiger partial charge in [-0.25, -0.2) is 4.99 Å². The molecule has 1 aromatic carbocycles. The van der Waals surface area contributed by atoms with E-state index in [1.807, 2.05) is 24.4 Å². The van der Waals surface area contributed by atoms with E-state index in [0.29, 0.717) is 13.1 Å². The predicted molar refractivity (Wildman–Crippen MR) is 131 cm³/mol. The Hall–Kier alpha value is -1.67. The minimum Gasteiger partial charge on any atom is -0.357 e. The smallest absolute Gasteiger partial charge is 0.191 e. The number of pyridine rings is 1. The highest BCUT2D eigenvalue weighted by Crippen LogP contribution is 2.20. The van der Waals surface area contributed by atoms with E-state index < -0.39 is 0 Å². The van der Waals surface area contributed by atoms with Crippen LogP contribution in [0.3, 0.4) is 0 Å². The molecule has 2 aromatic rings. The van der Waals surface area contributed by atoms with Crippen molar-refractivity contribution in [3.63, 3.8) is 0 Å². The van der Waals surface area contributed by atoms with Gasteiger partial charge in [0.25, 0.3) is 0 Å². The number of aromatic nitrogens is 1. The normalized spacial score (nSPS) is 15.6. The lowest BCUT2D eigenvalue weighted by Gasteiger charge is -2.30. The predicted octanol–water partition coefficient (Wildman–Crippen LogP) is 4.19. The Morgan fingerprint density at radius 1 is 1.07 bits per heavy atom. The van der Waals surface area contributed by atoms with E-state index in [9.17, 15) is 0 Å². The van der Waals surface area contributed by atoms with Crippen molar-refractivity contribution in [1.82, 2.24) is 20.5 Å². The van der Waals surface area contributed by atoms with Gasteiger partial charge in [0.2, 0.25) is 0 Å². The molecule has 0 spiro atoms.